The van der Waals surface area contributed by atoms with Crippen LogP contribution >= 0.6 is 0 Å². The minimum atomic E-state index is -0.914. The van der Waals surface area contributed by atoms with Gasteiger partial charge in [0.2, 0.25) is 0 Å². The van der Waals surface area contributed by atoms with Crippen LogP contribution in [0.25, 0.3) is 0 Å². The zero-order valence-corrected chi connectivity index (χ0v) is 7.29. The average molecular weight is 160 g/mol. The third-order valence-corrected chi connectivity index (χ3v) is 1.43. The number of rotatable bonds is 3. The molecule has 0 fully saturated rings. The molecule has 0 saturated carbocycles. The Morgan fingerprint density at radius 2 is 1.91 bits per heavy atom. The van der Waals surface area contributed by atoms with Crippen molar-refractivity contribution < 1.29 is 15.0 Å². The van der Waals surface area contributed by atoms with E-state index in [-0.39, 0.29) is 12.0 Å². The van der Waals surface area contributed by atoms with Gasteiger partial charge in [0.1, 0.15) is 0 Å². The first-order chi connectivity index (χ1) is 4.87. The summed E-state index contributed by atoms with van der Waals surface area (Å²) in [6.07, 6.45) is 0.513. The van der Waals surface area contributed by atoms with E-state index in [1.165, 1.54) is 0 Å². The van der Waals surface area contributed by atoms with Gasteiger partial charge in [-0.3, -0.25) is 4.79 Å². The molecule has 0 aromatic heterocycles. The van der Waals surface area contributed by atoms with Crippen molar-refractivity contribution in [1.29, 1.82) is 0 Å². The van der Waals surface area contributed by atoms with Crippen molar-refractivity contribution in [2.75, 3.05) is 6.61 Å². The minimum absolute atomic E-state index is 0.0359. The van der Waals surface area contributed by atoms with E-state index < -0.39 is 11.9 Å². The van der Waals surface area contributed by atoms with E-state index in [1.54, 1.807) is 0 Å². The standard InChI is InChI=1S/C8H16O3/c1-8(2,3)4-6(5-9)7(10)11/h6,9H,4-5H2,1-3H3,(H,10,11). The van der Waals surface area contributed by atoms with Crippen LogP contribution in [-0.2, 0) is 4.79 Å². The maximum absolute atomic E-state index is 10.4. The number of aliphatic carboxylic acids is 1. The molecule has 0 spiro atoms. The van der Waals surface area contributed by atoms with Gasteiger partial charge in [-0.15, -0.1) is 0 Å². The topological polar surface area (TPSA) is 57.5 Å². The highest BCUT2D eigenvalue weighted by atomic mass is 16.4. The molecule has 2 N–H and O–H groups in total. The molecule has 0 heterocycles. The summed E-state index contributed by atoms with van der Waals surface area (Å²) in [5.41, 5.74) is -0.0359. The first kappa shape index (κ1) is 10.4. The molecule has 66 valence electrons. The third kappa shape index (κ3) is 4.79. The highest BCUT2D eigenvalue weighted by Crippen LogP contribution is 2.24. The van der Waals surface area contributed by atoms with Crippen LogP contribution in [0.5, 0.6) is 0 Å². The van der Waals surface area contributed by atoms with Gasteiger partial charge in [-0.2, -0.15) is 0 Å². The maximum atomic E-state index is 10.4. The van der Waals surface area contributed by atoms with Gasteiger partial charge in [-0.05, 0) is 11.8 Å². The number of hydrogen-bond acceptors (Lipinski definition) is 2. The van der Waals surface area contributed by atoms with Crippen LogP contribution < -0.4 is 0 Å². The Balaban J connectivity index is 3.99. The second-order valence-corrected chi connectivity index (χ2v) is 3.98. The monoisotopic (exact) mass is 160 g/mol. The van der Waals surface area contributed by atoms with E-state index in [0.717, 1.165) is 0 Å². The van der Waals surface area contributed by atoms with E-state index in [2.05, 4.69) is 0 Å². The van der Waals surface area contributed by atoms with Crippen molar-refractivity contribution in [3.05, 3.63) is 0 Å². The molecular formula is C8H16O3. The lowest BCUT2D eigenvalue weighted by atomic mass is 9.85. The smallest absolute Gasteiger partial charge is 0.308 e. The summed E-state index contributed by atoms with van der Waals surface area (Å²) < 4.78 is 0. The number of aliphatic hydroxyl groups excluding tert-OH is 1. The normalized spacial score (nSPS) is 14.5. The first-order valence-corrected chi connectivity index (χ1v) is 3.70. The minimum Gasteiger partial charge on any atom is -0.481 e. The molecule has 0 amide bonds. The van der Waals surface area contributed by atoms with E-state index in [1.807, 2.05) is 20.8 Å². The highest BCUT2D eigenvalue weighted by Gasteiger charge is 2.23. The van der Waals surface area contributed by atoms with Crippen LogP contribution in [0.2, 0.25) is 0 Å². The van der Waals surface area contributed by atoms with Crippen molar-refractivity contribution in [2.24, 2.45) is 11.3 Å². The molecule has 0 aliphatic rings. The SMILES string of the molecule is CC(C)(C)CC(CO)C(=O)O. The van der Waals surface area contributed by atoms with Crippen molar-refractivity contribution in [3.8, 4) is 0 Å². The second kappa shape index (κ2) is 3.72. The first-order valence-electron chi connectivity index (χ1n) is 3.70. The van der Waals surface area contributed by atoms with E-state index in [0.29, 0.717) is 6.42 Å². The molecule has 1 atom stereocenters. The quantitative estimate of drug-likeness (QED) is 0.650. The van der Waals surface area contributed by atoms with Gasteiger partial charge in [0, 0.05) is 0 Å². The predicted octanol–water partition coefficient (Wildman–Crippen LogP) is 1.12. The Labute approximate surface area is 67.0 Å². The molecule has 3 heteroatoms. The zero-order valence-electron chi connectivity index (χ0n) is 7.29. The molecular weight excluding hydrogens is 144 g/mol. The molecule has 0 aliphatic heterocycles. The van der Waals surface area contributed by atoms with Gasteiger partial charge in [-0.25, -0.2) is 0 Å². The lowest BCUT2D eigenvalue weighted by Gasteiger charge is -2.21. The summed E-state index contributed by atoms with van der Waals surface area (Å²) in [4.78, 5) is 10.4. The van der Waals surface area contributed by atoms with Gasteiger partial charge in [-0.1, -0.05) is 20.8 Å². The number of aliphatic hydroxyl groups is 1. The summed E-state index contributed by atoms with van der Waals surface area (Å²) >= 11 is 0. The lowest BCUT2D eigenvalue weighted by Crippen LogP contribution is -2.23. The number of hydrogen-bond donors (Lipinski definition) is 2. The van der Waals surface area contributed by atoms with E-state index in [9.17, 15) is 4.79 Å². The Hall–Kier alpha value is -0.570. The molecule has 0 rings (SSSR count). The largest absolute Gasteiger partial charge is 0.481 e. The number of carboxylic acids is 1. The average Bonchev–Trinajstić information content (AvgIpc) is 1.80. The van der Waals surface area contributed by atoms with Crippen LogP contribution in [0.1, 0.15) is 27.2 Å². The summed E-state index contributed by atoms with van der Waals surface area (Å²) in [5, 5.41) is 17.3. The molecule has 0 aromatic rings. The van der Waals surface area contributed by atoms with Gasteiger partial charge in [0.15, 0.2) is 0 Å². The zero-order chi connectivity index (χ0) is 9.07. The molecule has 0 aromatic carbocycles. The second-order valence-electron chi connectivity index (χ2n) is 3.98. The van der Waals surface area contributed by atoms with E-state index in [4.69, 9.17) is 10.2 Å². The molecule has 0 saturated heterocycles. The van der Waals surface area contributed by atoms with Crippen LogP contribution in [0.15, 0.2) is 0 Å². The summed E-state index contributed by atoms with van der Waals surface area (Å²) in [5.74, 6) is -1.53. The van der Waals surface area contributed by atoms with Crippen LogP contribution in [0, 0.1) is 11.3 Å². The summed E-state index contributed by atoms with van der Waals surface area (Å²) in [6.45, 7) is 5.60. The van der Waals surface area contributed by atoms with Crippen LogP contribution in [0.4, 0.5) is 0 Å². The highest BCUT2D eigenvalue weighted by molar-refractivity contribution is 5.70. The Morgan fingerprint density at radius 3 is 2.00 bits per heavy atom. The van der Waals surface area contributed by atoms with Crippen LogP contribution in [0.3, 0.4) is 0 Å². The molecule has 0 radical (unpaired) electrons. The van der Waals surface area contributed by atoms with Crippen LogP contribution in [-0.4, -0.2) is 22.8 Å². The molecule has 3 nitrogen and oxygen atoms in total. The van der Waals surface area contributed by atoms with E-state index >= 15 is 0 Å². The fraction of sp³-hybridized carbons (Fsp3) is 0.875. The maximum Gasteiger partial charge on any atom is 0.308 e. The van der Waals surface area contributed by atoms with Crippen molar-refractivity contribution in [2.45, 2.75) is 27.2 Å². The summed E-state index contributed by atoms with van der Waals surface area (Å²) in [6, 6.07) is 0. The Bertz CT molecular complexity index is 135. The van der Waals surface area contributed by atoms with Gasteiger partial charge >= 0.3 is 5.97 Å². The van der Waals surface area contributed by atoms with Gasteiger partial charge in [0.25, 0.3) is 0 Å². The number of carbonyl (C=O) groups is 1. The number of carboxylic acid groups (broad SMARTS) is 1. The molecule has 0 bridgehead atoms. The third-order valence-electron chi connectivity index (χ3n) is 1.43. The van der Waals surface area contributed by atoms with Crippen molar-refractivity contribution in [3.63, 3.8) is 0 Å². The van der Waals surface area contributed by atoms with Crippen molar-refractivity contribution >= 4 is 5.97 Å². The van der Waals surface area contributed by atoms with Crippen molar-refractivity contribution in [1.82, 2.24) is 0 Å². The summed E-state index contributed by atoms with van der Waals surface area (Å²) in [7, 11) is 0. The van der Waals surface area contributed by atoms with Gasteiger partial charge in [0.05, 0.1) is 12.5 Å². The molecule has 11 heavy (non-hydrogen) atoms. The predicted molar refractivity (Wildman–Crippen MR) is 42.3 cm³/mol. The molecule has 0 aliphatic carbocycles. The Kier molecular flexibility index (Phi) is 3.52. The fourth-order valence-electron chi connectivity index (χ4n) is 0.969. The lowest BCUT2D eigenvalue weighted by molar-refractivity contribution is -0.144. The van der Waals surface area contributed by atoms with Gasteiger partial charge < -0.3 is 10.2 Å². The Morgan fingerprint density at radius 1 is 1.45 bits per heavy atom. The molecule has 1 unspecified atom stereocenters. The fourth-order valence-corrected chi connectivity index (χ4v) is 0.969.